The molecular formula is C15H20FN5S. The number of halogens is 1. The molecule has 1 saturated heterocycles. The number of benzene rings is 1. The number of para-hydroxylation sites is 1. The van der Waals surface area contributed by atoms with Crippen LogP contribution in [-0.2, 0) is 0 Å². The van der Waals surface area contributed by atoms with Gasteiger partial charge in [-0.1, -0.05) is 23.5 Å². The Morgan fingerprint density at radius 2 is 2.05 bits per heavy atom. The van der Waals surface area contributed by atoms with E-state index in [9.17, 15) is 4.39 Å². The lowest BCUT2D eigenvalue weighted by Gasteiger charge is -2.35. The Bertz CT molecular complexity index is 624. The van der Waals surface area contributed by atoms with Gasteiger partial charge in [-0.25, -0.2) is 4.39 Å². The number of nitrogen functional groups attached to an aromatic ring is 1. The topological polar surface area (TPSA) is 67.1 Å². The van der Waals surface area contributed by atoms with Crippen molar-refractivity contribution in [2.45, 2.75) is 31.8 Å². The number of anilines is 2. The van der Waals surface area contributed by atoms with E-state index in [2.05, 4.69) is 27.3 Å². The highest BCUT2D eigenvalue weighted by atomic mass is 32.1. The molecule has 22 heavy (non-hydrogen) atoms. The smallest absolute Gasteiger partial charge is 0.203 e. The fraction of sp³-hybridized carbons (Fsp3) is 0.467. The highest BCUT2D eigenvalue weighted by Gasteiger charge is 2.23. The second-order valence-electron chi connectivity index (χ2n) is 5.58. The first kappa shape index (κ1) is 15.2. The van der Waals surface area contributed by atoms with Crippen LogP contribution >= 0.6 is 11.3 Å². The van der Waals surface area contributed by atoms with Gasteiger partial charge < -0.3 is 16.0 Å². The summed E-state index contributed by atoms with van der Waals surface area (Å²) in [6, 6.07) is 7.51. The summed E-state index contributed by atoms with van der Waals surface area (Å²) in [5, 5.41) is 12.9. The lowest BCUT2D eigenvalue weighted by molar-refractivity contribution is 0.378. The zero-order valence-corrected chi connectivity index (χ0v) is 13.3. The molecule has 3 rings (SSSR count). The van der Waals surface area contributed by atoms with Gasteiger partial charge in [0, 0.05) is 19.1 Å². The monoisotopic (exact) mass is 321 g/mol. The van der Waals surface area contributed by atoms with Crippen LogP contribution in [0.4, 0.5) is 15.2 Å². The molecule has 1 fully saturated rings. The maximum Gasteiger partial charge on any atom is 0.203 e. The quantitative estimate of drug-likeness (QED) is 0.906. The van der Waals surface area contributed by atoms with Crippen LogP contribution in [0, 0.1) is 5.82 Å². The van der Waals surface area contributed by atoms with E-state index in [0.717, 1.165) is 30.9 Å². The van der Waals surface area contributed by atoms with E-state index in [1.807, 2.05) is 12.1 Å². The lowest BCUT2D eigenvalue weighted by atomic mass is 10.0. The van der Waals surface area contributed by atoms with Crippen LogP contribution < -0.4 is 16.0 Å². The zero-order valence-electron chi connectivity index (χ0n) is 12.5. The molecule has 1 aliphatic rings. The van der Waals surface area contributed by atoms with E-state index < -0.39 is 0 Å². The molecule has 0 spiro atoms. The van der Waals surface area contributed by atoms with E-state index in [4.69, 9.17) is 5.73 Å². The molecule has 1 aliphatic heterocycles. The Kier molecular flexibility index (Phi) is 4.54. The van der Waals surface area contributed by atoms with Crippen molar-refractivity contribution < 1.29 is 4.39 Å². The molecule has 118 valence electrons. The Morgan fingerprint density at radius 1 is 1.32 bits per heavy atom. The summed E-state index contributed by atoms with van der Waals surface area (Å²) in [7, 11) is 0. The normalized spacial score (nSPS) is 17.6. The van der Waals surface area contributed by atoms with Crippen LogP contribution in [0.1, 0.15) is 30.8 Å². The molecule has 7 heteroatoms. The average molecular weight is 321 g/mol. The summed E-state index contributed by atoms with van der Waals surface area (Å²) in [6.45, 7) is 3.77. The Hall–Kier alpha value is -1.73. The molecular weight excluding hydrogens is 301 g/mol. The second kappa shape index (κ2) is 6.58. The average Bonchev–Trinajstić information content (AvgIpc) is 2.95. The number of rotatable bonds is 4. The van der Waals surface area contributed by atoms with Crippen molar-refractivity contribution in [2.75, 3.05) is 23.7 Å². The Labute approximate surface area is 133 Å². The highest BCUT2D eigenvalue weighted by Crippen LogP contribution is 2.25. The van der Waals surface area contributed by atoms with Gasteiger partial charge in [-0.3, -0.25) is 0 Å². The van der Waals surface area contributed by atoms with Crippen LogP contribution in [-0.4, -0.2) is 29.3 Å². The van der Waals surface area contributed by atoms with E-state index in [0.29, 0.717) is 16.9 Å². The van der Waals surface area contributed by atoms with Crippen molar-refractivity contribution in [3.8, 4) is 0 Å². The molecule has 1 unspecified atom stereocenters. The van der Waals surface area contributed by atoms with Gasteiger partial charge in [0.1, 0.15) is 10.8 Å². The third-order valence-electron chi connectivity index (χ3n) is 4.00. The van der Waals surface area contributed by atoms with Gasteiger partial charge in [0.2, 0.25) is 5.13 Å². The van der Waals surface area contributed by atoms with Gasteiger partial charge in [0.25, 0.3) is 0 Å². The maximum atomic E-state index is 13.8. The molecule has 0 aliphatic carbocycles. The van der Waals surface area contributed by atoms with Crippen LogP contribution in [0.2, 0.25) is 0 Å². The summed E-state index contributed by atoms with van der Waals surface area (Å²) in [4.78, 5) is 2.11. The van der Waals surface area contributed by atoms with Crippen molar-refractivity contribution in [3.63, 3.8) is 0 Å². The summed E-state index contributed by atoms with van der Waals surface area (Å²) < 4.78 is 13.8. The number of aromatic nitrogens is 2. The summed E-state index contributed by atoms with van der Waals surface area (Å²) in [5.74, 6) is -0.147. The number of nitrogens with one attached hydrogen (secondary N) is 1. The first-order valence-electron chi connectivity index (χ1n) is 7.48. The molecule has 0 bridgehead atoms. The minimum Gasteiger partial charge on any atom is -0.374 e. The zero-order chi connectivity index (χ0) is 15.5. The van der Waals surface area contributed by atoms with E-state index in [1.165, 1.54) is 17.4 Å². The van der Waals surface area contributed by atoms with Crippen molar-refractivity contribution in [1.82, 2.24) is 15.5 Å². The minimum absolute atomic E-state index is 0.139. The summed E-state index contributed by atoms with van der Waals surface area (Å²) in [5.41, 5.74) is 6.32. The Balaban J connectivity index is 1.55. The van der Waals surface area contributed by atoms with Crippen molar-refractivity contribution in [3.05, 3.63) is 35.1 Å². The van der Waals surface area contributed by atoms with Crippen molar-refractivity contribution >= 4 is 22.2 Å². The van der Waals surface area contributed by atoms with E-state index in [-0.39, 0.29) is 11.9 Å². The predicted octanol–water partition coefficient (Wildman–Crippen LogP) is 2.58. The number of nitrogens with zero attached hydrogens (tertiary/aromatic N) is 3. The molecule has 2 aromatic rings. The summed E-state index contributed by atoms with van der Waals surface area (Å²) in [6.07, 6.45) is 1.96. The van der Waals surface area contributed by atoms with Gasteiger partial charge in [-0.15, -0.1) is 10.2 Å². The number of hydrogen-bond acceptors (Lipinski definition) is 6. The molecule has 1 aromatic heterocycles. The number of piperidine rings is 1. The van der Waals surface area contributed by atoms with Gasteiger partial charge in [-0.2, -0.15) is 0 Å². The minimum atomic E-state index is -0.147. The van der Waals surface area contributed by atoms with Crippen LogP contribution in [0.5, 0.6) is 0 Å². The number of nitrogens with two attached hydrogens (primary N) is 1. The molecule has 0 saturated carbocycles. The molecule has 2 heterocycles. The van der Waals surface area contributed by atoms with Gasteiger partial charge >= 0.3 is 0 Å². The second-order valence-corrected chi connectivity index (χ2v) is 6.62. The lowest BCUT2D eigenvalue weighted by Crippen LogP contribution is -2.43. The van der Waals surface area contributed by atoms with Gasteiger partial charge in [-0.05, 0) is 31.9 Å². The molecule has 3 N–H and O–H groups in total. The maximum absolute atomic E-state index is 13.8. The third-order valence-corrected chi connectivity index (χ3v) is 4.94. The van der Waals surface area contributed by atoms with Crippen LogP contribution in [0.3, 0.4) is 0 Å². The first-order chi connectivity index (χ1) is 10.6. The molecule has 1 aromatic carbocycles. The van der Waals surface area contributed by atoms with Crippen LogP contribution in [0.15, 0.2) is 24.3 Å². The Morgan fingerprint density at radius 3 is 2.68 bits per heavy atom. The standard InChI is InChI=1S/C15H20FN5S/c1-10(14-19-20-15(17)22-14)18-11-6-8-21(9-7-11)13-5-3-2-4-12(13)16/h2-5,10-11,18H,6-9H2,1H3,(H2,17,20). The van der Waals surface area contributed by atoms with Crippen molar-refractivity contribution in [1.29, 1.82) is 0 Å². The predicted molar refractivity (Wildman–Crippen MR) is 87.5 cm³/mol. The van der Waals surface area contributed by atoms with Crippen molar-refractivity contribution in [2.24, 2.45) is 0 Å². The molecule has 0 amide bonds. The SMILES string of the molecule is CC(NC1CCN(c2ccccc2F)CC1)c1nnc(N)s1. The van der Waals surface area contributed by atoms with Gasteiger partial charge in [0.15, 0.2) is 0 Å². The van der Waals surface area contributed by atoms with Gasteiger partial charge in [0.05, 0.1) is 11.7 Å². The summed E-state index contributed by atoms with van der Waals surface area (Å²) >= 11 is 1.42. The van der Waals surface area contributed by atoms with Crippen LogP contribution in [0.25, 0.3) is 0 Å². The van der Waals surface area contributed by atoms with E-state index >= 15 is 0 Å². The molecule has 5 nitrogen and oxygen atoms in total. The third kappa shape index (κ3) is 3.36. The molecule has 0 radical (unpaired) electrons. The largest absolute Gasteiger partial charge is 0.374 e. The van der Waals surface area contributed by atoms with E-state index in [1.54, 1.807) is 6.07 Å². The fourth-order valence-electron chi connectivity index (χ4n) is 2.84. The highest BCUT2D eigenvalue weighted by molar-refractivity contribution is 7.15. The number of hydrogen-bond donors (Lipinski definition) is 2. The first-order valence-corrected chi connectivity index (χ1v) is 8.29. The molecule has 1 atom stereocenters. The fourth-order valence-corrected chi connectivity index (χ4v) is 3.46.